The van der Waals surface area contributed by atoms with E-state index in [9.17, 15) is 4.79 Å². The Morgan fingerprint density at radius 1 is 1.44 bits per heavy atom. The van der Waals surface area contributed by atoms with Gasteiger partial charge in [0.1, 0.15) is 0 Å². The third kappa shape index (κ3) is 4.49. The largest absolute Gasteiger partial charge is 0.481 e. The Bertz CT molecular complexity index is 368. The fraction of sp³-hybridized carbons (Fsp3) is 0.308. The molecule has 0 aromatic heterocycles. The van der Waals surface area contributed by atoms with Gasteiger partial charge in [-0.3, -0.25) is 4.79 Å². The highest BCUT2D eigenvalue weighted by atomic mass is 35.5. The Labute approximate surface area is 101 Å². The highest BCUT2D eigenvalue weighted by Crippen LogP contribution is 2.15. The van der Waals surface area contributed by atoms with E-state index in [1.54, 1.807) is 0 Å². The van der Waals surface area contributed by atoms with Gasteiger partial charge in [-0.25, -0.2) is 0 Å². The molecule has 1 atom stereocenters. The van der Waals surface area contributed by atoms with Crippen molar-refractivity contribution in [2.45, 2.75) is 19.8 Å². The van der Waals surface area contributed by atoms with Crippen molar-refractivity contribution in [3.8, 4) is 0 Å². The minimum atomic E-state index is -0.757. The van der Waals surface area contributed by atoms with Crippen LogP contribution < -0.4 is 0 Å². The average Bonchev–Trinajstić information content (AvgIpc) is 2.26. The van der Waals surface area contributed by atoms with Crippen LogP contribution >= 0.6 is 11.6 Å². The molecule has 1 rings (SSSR count). The van der Waals surface area contributed by atoms with Crippen molar-refractivity contribution in [2.24, 2.45) is 5.92 Å². The number of rotatable bonds is 5. The second-order valence-electron chi connectivity index (χ2n) is 3.68. The molecule has 0 aliphatic heterocycles. The first kappa shape index (κ1) is 12.8. The number of hydrogen-bond acceptors (Lipinski definition) is 1. The summed E-state index contributed by atoms with van der Waals surface area (Å²) in [7, 11) is 0. The number of halogens is 1. The van der Waals surface area contributed by atoms with Crippen molar-refractivity contribution in [3.05, 3.63) is 40.9 Å². The Morgan fingerprint density at radius 3 is 2.56 bits per heavy atom. The van der Waals surface area contributed by atoms with Crippen LogP contribution in [0.15, 0.2) is 30.3 Å². The molecule has 1 aromatic carbocycles. The molecule has 1 aromatic rings. The van der Waals surface area contributed by atoms with Crippen molar-refractivity contribution >= 4 is 23.6 Å². The molecule has 0 spiro atoms. The quantitative estimate of drug-likeness (QED) is 0.846. The molecule has 0 fully saturated rings. The molecule has 0 saturated heterocycles. The molecular weight excluding hydrogens is 224 g/mol. The summed E-state index contributed by atoms with van der Waals surface area (Å²) in [5.74, 6) is -0.666. The standard InChI is InChI=1S/C13H15ClO2/c1-2-10(9-13(15)16)3-4-11-5-7-12(14)8-6-11/h3-8,10H,2,9H2,1H3,(H,15,16). The lowest BCUT2D eigenvalue weighted by atomic mass is 10.0. The lowest BCUT2D eigenvalue weighted by Gasteiger charge is -2.05. The van der Waals surface area contributed by atoms with Crippen molar-refractivity contribution in [1.82, 2.24) is 0 Å². The second-order valence-corrected chi connectivity index (χ2v) is 4.11. The van der Waals surface area contributed by atoms with Crippen LogP contribution in [0.2, 0.25) is 5.02 Å². The predicted octanol–water partition coefficient (Wildman–Crippen LogP) is 3.85. The minimum absolute atomic E-state index is 0.0909. The van der Waals surface area contributed by atoms with Gasteiger partial charge in [0, 0.05) is 5.02 Å². The normalized spacial score (nSPS) is 12.9. The van der Waals surface area contributed by atoms with E-state index >= 15 is 0 Å². The maximum Gasteiger partial charge on any atom is 0.303 e. The summed E-state index contributed by atoms with van der Waals surface area (Å²) in [6, 6.07) is 7.46. The number of aliphatic carboxylic acids is 1. The third-order valence-electron chi connectivity index (χ3n) is 2.39. The van der Waals surface area contributed by atoms with Crippen LogP contribution in [-0.4, -0.2) is 11.1 Å². The predicted molar refractivity (Wildman–Crippen MR) is 66.5 cm³/mol. The van der Waals surface area contributed by atoms with Crippen LogP contribution in [0.5, 0.6) is 0 Å². The number of carboxylic acid groups (broad SMARTS) is 1. The van der Waals surface area contributed by atoms with Gasteiger partial charge in [0.2, 0.25) is 0 Å². The molecule has 0 amide bonds. The summed E-state index contributed by atoms with van der Waals surface area (Å²) in [5, 5.41) is 9.40. The van der Waals surface area contributed by atoms with Crippen LogP contribution in [-0.2, 0) is 4.79 Å². The van der Waals surface area contributed by atoms with Gasteiger partial charge >= 0.3 is 5.97 Å². The summed E-state index contributed by atoms with van der Waals surface area (Å²) < 4.78 is 0. The molecule has 0 bridgehead atoms. The second kappa shape index (κ2) is 6.33. The van der Waals surface area contributed by atoms with E-state index in [0.29, 0.717) is 5.02 Å². The zero-order valence-electron chi connectivity index (χ0n) is 9.19. The van der Waals surface area contributed by atoms with E-state index < -0.39 is 5.97 Å². The first-order valence-electron chi connectivity index (χ1n) is 5.27. The zero-order chi connectivity index (χ0) is 12.0. The lowest BCUT2D eigenvalue weighted by Crippen LogP contribution is -2.03. The summed E-state index contributed by atoms with van der Waals surface area (Å²) in [5.41, 5.74) is 1.04. The highest BCUT2D eigenvalue weighted by molar-refractivity contribution is 6.30. The van der Waals surface area contributed by atoms with Crippen LogP contribution in [0.4, 0.5) is 0 Å². The van der Waals surface area contributed by atoms with Crippen LogP contribution in [0.25, 0.3) is 6.08 Å². The number of allylic oxidation sites excluding steroid dienone is 1. The van der Waals surface area contributed by atoms with Gasteiger partial charge in [-0.1, -0.05) is 42.8 Å². The molecule has 3 heteroatoms. The summed E-state index contributed by atoms with van der Waals surface area (Å²) in [6.45, 7) is 1.99. The molecule has 86 valence electrons. The number of carbonyl (C=O) groups is 1. The molecule has 0 radical (unpaired) electrons. The molecule has 1 N–H and O–H groups in total. The van der Waals surface area contributed by atoms with Crippen molar-refractivity contribution in [2.75, 3.05) is 0 Å². The fourth-order valence-corrected chi connectivity index (χ4v) is 1.52. The van der Waals surface area contributed by atoms with E-state index in [2.05, 4.69) is 0 Å². The number of hydrogen-bond donors (Lipinski definition) is 1. The molecule has 0 saturated carbocycles. The number of carboxylic acids is 1. The first-order chi connectivity index (χ1) is 7.61. The van der Waals surface area contributed by atoms with Gasteiger partial charge in [-0.2, -0.15) is 0 Å². The lowest BCUT2D eigenvalue weighted by molar-refractivity contribution is -0.137. The van der Waals surface area contributed by atoms with Crippen LogP contribution in [0.1, 0.15) is 25.3 Å². The monoisotopic (exact) mass is 238 g/mol. The van der Waals surface area contributed by atoms with Gasteiger partial charge < -0.3 is 5.11 Å². The van der Waals surface area contributed by atoms with E-state index in [4.69, 9.17) is 16.7 Å². The highest BCUT2D eigenvalue weighted by Gasteiger charge is 2.06. The Balaban J connectivity index is 2.63. The molecule has 0 heterocycles. The fourth-order valence-electron chi connectivity index (χ4n) is 1.39. The Kier molecular flexibility index (Phi) is 5.06. The first-order valence-corrected chi connectivity index (χ1v) is 5.65. The zero-order valence-corrected chi connectivity index (χ0v) is 9.95. The minimum Gasteiger partial charge on any atom is -0.481 e. The average molecular weight is 239 g/mol. The molecular formula is C13H15ClO2. The van der Waals surface area contributed by atoms with Crippen molar-refractivity contribution in [1.29, 1.82) is 0 Å². The maximum absolute atomic E-state index is 10.6. The number of benzene rings is 1. The van der Waals surface area contributed by atoms with E-state index in [-0.39, 0.29) is 12.3 Å². The summed E-state index contributed by atoms with van der Waals surface area (Å²) in [6.07, 6.45) is 4.89. The molecule has 2 nitrogen and oxygen atoms in total. The van der Waals surface area contributed by atoms with E-state index in [1.807, 2.05) is 43.3 Å². The van der Waals surface area contributed by atoms with Gasteiger partial charge in [0.05, 0.1) is 6.42 Å². The Hall–Kier alpha value is -1.28. The topological polar surface area (TPSA) is 37.3 Å². The van der Waals surface area contributed by atoms with Crippen LogP contribution in [0, 0.1) is 5.92 Å². The van der Waals surface area contributed by atoms with Crippen molar-refractivity contribution in [3.63, 3.8) is 0 Å². The smallest absolute Gasteiger partial charge is 0.303 e. The molecule has 16 heavy (non-hydrogen) atoms. The van der Waals surface area contributed by atoms with Crippen molar-refractivity contribution < 1.29 is 9.90 Å². The van der Waals surface area contributed by atoms with E-state index in [0.717, 1.165) is 12.0 Å². The van der Waals surface area contributed by atoms with Gasteiger partial charge in [0.15, 0.2) is 0 Å². The Morgan fingerprint density at radius 2 is 2.06 bits per heavy atom. The molecule has 1 unspecified atom stereocenters. The van der Waals surface area contributed by atoms with Gasteiger partial charge in [-0.15, -0.1) is 0 Å². The molecule has 0 aliphatic rings. The van der Waals surface area contributed by atoms with E-state index in [1.165, 1.54) is 0 Å². The summed E-state index contributed by atoms with van der Waals surface area (Å²) >= 11 is 5.77. The maximum atomic E-state index is 10.6. The van der Waals surface area contributed by atoms with Crippen LogP contribution in [0.3, 0.4) is 0 Å². The third-order valence-corrected chi connectivity index (χ3v) is 2.64. The molecule has 0 aliphatic carbocycles. The SMILES string of the molecule is CCC(C=Cc1ccc(Cl)cc1)CC(=O)O. The van der Waals surface area contributed by atoms with Gasteiger partial charge in [0.25, 0.3) is 0 Å². The summed E-state index contributed by atoms with van der Waals surface area (Å²) in [4.78, 5) is 10.6. The van der Waals surface area contributed by atoms with Gasteiger partial charge in [-0.05, 0) is 30.0 Å².